The van der Waals surface area contributed by atoms with E-state index in [1.165, 1.54) is 13.2 Å². The molecule has 1 aliphatic heterocycles. The van der Waals surface area contributed by atoms with Crippen LogP contribution in [0, 0.1) is 16.7 Å². The van der Waals surface area contributed by atoms with E-state index in [1.807, 2.05) is 0 Å². The van der Waals surface area contributed by atoms with Crippen LogP contribution in [-0.2, 0) is 33.3 Å². The van der Waals surface area contributed by atoms with Crippen molar-refractivity contribution in [1.82, 2.24) is 0 Å². The quantitative estimate of drug-likeness (QED) is 0.221. The smallest absolute Gasteiger partial charge is 0.338 e. The number of Topliss-reactive ketones (excluding diaryl/α,β-unsaturated/α-hetero) is 1. The second-order valence-corrected chi connectivity index (χ2v) is 14.7. The number of benzene rings is 1. The van der Waals surface area contributed by atoms with E-state index in [4.69, 9.17) is 23.4 Å². The molecule has 6 rings (SSSR count). The fourth-order valence-corrected chi connectivity index (χ4v) is 8.71. The second kappa shape index (κ2) is 12.2. The molecule has 12 heteroatoms. The van der Waals surface area contributed by atoms with E-state index in [0.717, 1.165) is 0 Å². The normalized spacial score (nSPS) is 36.1. The van der Waals surface area contributed by atoms with Crippen molar-refractivity contribution in [3.05, 3.63) is 71.2 Å². The summed E-state index contributed by atoms with van der Waals surface area (Å²) in [4.78, 5) is 54.8. The summed E-state index contributed by atoms with van der Waals surface area (Å²) in [7, 11) is 0. The molecule has 1 aromatic heterocycles. The average Bonchev–Trinajstić information content (AvgIpc) is 3.60. The van der Waals surface area contributed by atoms with Crippen molar-refractivity contribution in [1.29, 1.82) is 0 Å². The number of furan rings is 1. The highest BCUT2D eigenvalue weighted by Gasteiger charge is 2.77. The minimum atomic E-state index is -2.08. The zero-order chi connectivity index (χ0) is 35.7. The number of aliphatic hydroxyl groups excluding tert-OH is 2. The van der Waals surface area contributed by atoms with Crippen LogP contribution in [0.2, 0.25) is 0 Å². The van der Waals surface area contributed by atoms with Crippen molar-refractivity contribution in [2.45, 2.75) is 108 Å². The summed E-state index contributed by atoms with van der Waals surface area (Å²) in [5.41, 5.74) is -5.47. The summed E-state index contributed by atoms with van der Waals surface area (Å²) in [6, 6.07) is 11.4. The van der Waals surface area contributed by atoms with Gasteiger partial charge in [-0.2, -0.15) is 0 Å². The molecular weight excluding hydrogens is 636 g/mol. The Labute approximate surface area is 284 Å². The van der Waals surface area contributed by atoms with Gasteiger partial charge in [-0.05, 0) is 43.7 Å². The third kappa shape index (κ3) is 5.26. The van der Waals surface area contributed by atoms with Crippen LogP contribution in [0.15, 0.2) is 64.3 Å². The lowest BCUT2D eigenvalue weighted by atomic mass is 9.45. The van der Waals surface area contributed by atoms with E-state index in [0.29, 0.717) is 16.9 Å². The highest BCUT2D eigenvalue weighted by Crippen LogP contribution is 2.64. The maximum atomic E-state index is 14.7. The van der Waals surface area contributed by atoms with Crippen LogP contribution in [0.3, 0.4) is 0 Å². The highest BCUT2D eigenvalue weighted by molar-refractivity contribution is 5.91. The Morgan fingerprint density at radius 3 is 2.33 bits per heavy atom. The Morgan fingerprint density at radius 1 is 1.04 bits per heavy atom. The summed E-state index contributed by atoms with van der Waals surface area (Å²) in [6.45, 7) is 9.37. The number of carbonyl (C=O) groups is 4. The maximum Gasteiger partial charge on any atom is 0.338 e. The summed E-state index contributed by atoms with van der Waals surface area (Å²) >= 11 is 0. The van der Waals surface area contributed by atoms with E-state index in [-0.39, 0.29) is 31.4 Å². The van der Waals surface area contributed by atoms with Crippen LogP contribution < -0.4 is 0 Å². The lowest BCUT2D eigenvalue weighted by Crippen LogP contribution is -2.80. The van der Waals surface area contributed by atoms with Crippen molar-refractivity contribution in [2.24, 2.45) is 16.7 Å². The fraction of sp³-hybridized carbons (Fsp3) is 0.568. The van der Waals surface area contributed by atoms with Gasteiger partial charge in [0.15, 0.2) is 11.7 Å². The molecule has 1 saturated heterocycles. The number of ketones is 1. The van der Waals surface area contributed by atoms with Gasteiger partial charge in [-0.25, -0.2) is 9.59 Å². The predicted octanol–water partition coefficient (Wildman–Crippen LogP) is 3.42. The molecule has 2 heterocycles. The first-order valence-electron chi connectivity index (χ1n) is 16.6. The van der Waals surface area contributed by atoms with Gasteiger partial charge in [0.25, 0.3) is 0 Å². The van der Waals surface area contributed by atoms with Crippen molar-refractivity contribution in [3.63, 3.8) is 0 Å². The van der Waals surface area contributed by atoms with Crippen LogP contribution in [0.5, 0.6) is 0 Å². The van der Waals surface area contributed by atoms with Crippen LogP contribution in [0.25, 0.3) is 0 Å². The average molecular weight is 681 g/mol. The molecule has 12 nitrogen and oxygen atoms in total. The third-order valence-corrected chi connectivity index (χ3v) is 11.9. The van der Waals surface area contributed by atoms with E-state index in [2.05, 4.69) is 0 Å². The standard InChI is InChI=1S/C37H44O12/c1-19-23-15-26(39)35(6)27(40)16-28-36(18-46-28,49-21(3)38)30(35)31(48-32(42)22-11-8-7-9-12-22)37(44,34(23,4)5)17-25(19)47-33(43)29(41)20(2)24-13-10-14-45-24/h7-14,20,25,27-31,40-41,44H,15-18H2,1-6H3/t20?,25?,27?,28?,29?,30?,31?,35-,36?,37?/m1/s1. The molecule has 49 heavy (non-hydrogen) atoms. The number of fused-ring (bicyclic) bond motifs is 5. The Balaban J connectivity index is 1.51. The molecule has 0 spiro atoms. The van der Waals surface area contributed by atoms with E-state index in [9.17, 15) is 34.5 Å². The SMILES string of the molecule is CC(=O)OC12COC1CC(O)[C@@]1(C)C(=O)CC3=C(C)C(OC(=O)C(O)C(C)c4ccco4)CC(O)(C(OC(=O)c4ccccc4)C21)C3(C)C. The molecule has 3 fully saturated rings. The van der Waals surface area contributed by atoms with Gasteiger partial charge in [-0.1, -0.05) is 44.5 Å². The number of rotatable bonds is 7. The van der Waals surface area contributed by atoms with Gasteiger partial charge in [0, 0.05) is 31.6 Å². The molecule has 2 aromatic rings. The molecule has 4 aliphatic rings. The van der Waals surface area contributed by atoms with Crippen LogP contribution in [-0.4, -0.2) is 87.3 Å². The Bertz CT molecular complexity index is 1660. The Morgan fingerprint density at radius 2 is 1.73 bits per heavy atom. The van der Waals surface area contributed by atoms with Gasteiger partial charge in [-0.3, -0.25) is 9.59 Å². The zero-order valence-electron chi connectivity index (χ0n) is 28.5. The van der Waals surface area contributed by atoms with Crippen molar-refractivity contribution >= 4 is 23.7 Å². The van der Waals surface area contributed by atoms with Gasteiger partial charge in [0.05, 0.1) is 41.8 Å². The number of carbonyl (C=O) groups excluding carboxylic acids is 4. The summed E-state index contributed by atoms with van der Waals surface area (Å²) in [5.74, 6) is -4.56. The van der Waals surface area contributed by atoms with Crippen LogP contribution >= 0.6 is 0 Å². The first-order chi connectivity index (χ1) is 23.0. The number of aliphatic hydroxyl groups is 3. The number of hydrogen-bond acceptors (Lipinski definition) is 12. The molecule has 1 aromatic carbocycles. The minimum absolute atomic E-state index is 0.0306. The Kier molecular flexibility index (Phi) is 8.71. The molecule has 3 N–H and O–H groups in total. The van der Waals surface area contributed by atoms with Gasteiger partial charge < -0.3 is 38.7 Å². The van der Waals surface area contributed by atoms with Gasteiger partial charge in [-0.15, -0.1) is 0 Å². The molecule has 10 atom stereocenters. The highest BCUT2D eigenvalue weighted by atomic mass is 16.6. The predicted molar refractivity (Wildman–Crippen MR) is 171 cm³/mol. The lowest BCUT2D eigenvalue weighted by molar-refractivity contribution is -0.344. The number of ether oxygens (including phenoxy) is 4. The second-order valence-electron chi connectivity index (χ2n) is 14.7. The van der Waals surface area contributed by atoms with Gasteiger partial charge in [0.2, 0.25) is 0 Å². The molecular formula is C37H44O12. The third-order valence-electron chi connectivity index (χ3n) is 11.9. The van der Waals surface area contributed by atoms with E-state index >= 15 is 0 Å². The molecule has 0 amide bonds. The summed E-state index contributed by atoms with van der Waals surface area (Å²) < 4.78 is 29.5. The number of hydrogen-bond donors (Lipinski definition) is 3. The monoisotopic (exact) mass is 680 g/mol. The lowest BCUT2D eigenvalue weighted by Gasteiger charge is -2.67. The number of esters is 3. The fourth-order valence-electron chi connectivity index (χ4n) is 8.71. The molecule has 2 saturated carbocycles. The molecule has 9 unspecified atom stereocenters. The van der Waals surface area contributed by atoms with Crippen molar-refractivity contribution in [3.8, 4) is 0 Å². The van der Waals surface area contributed by atoms with Crippen molar-refractivity contribution < 1.29 is 57.9 Å². The largest absolute Gasteiger partial charge is 0.469 e. The summed E-state index contributed by atoms with van der Waals surface area (Å²) in [6.07, 6.45) is -5.69. The topological polar surface area (TPSA) is 179 Å². The van der Waals surface area contributed by atoms with Gasteiger partial charge >= 0.3 is 17.9 Å². The first-order valence-corrected chi connectivity index (χ1v) is 16.6. The summed E-state index contributed by atoms with van der Waals surface area (Å²) in [5, 5.41) is 35.9. The molecule has 264 valence electrons. The molecule has 0 radical (unpaired) electrons. The first kappa shape index (κ1) is 35.0. The van der Waals surface area contributed by atoms with Gasteiger partial charge in [0.1, 0.15) is 35.5 Å². The minimum Gasteiger partial charge on any atom is -0.469 e. The molecule has 3 aliphatic carbocycles. The molecule has 2 bridgehead atoms. The van der Waals surface area contributed by atoms with E-state index in [1.54, 1.807) is 77.1 Å². The van der Waals surface area contributed by atoms with Crippen LogP contribution in [0.4, 0.5) is 0 Å². The van der Waals surface area contributed by atoms with E-state index < -0.39 is 88.1 Å². The zero-order valence-corrected chi connectivity index (χ0v) is 28.5. The maximum absolute atomic E-state index is 14.7. The van der Waals surface area contributed by atoms with Crippen LogP contribution in [0.1, 0.15) is 82.8 Å². The Hall–Kier alpha value is -3.84. The van der Waals surface area contributed by atoms with Crippen molar-refractivity contribution in [2.75, 3.05) is 6.61 Å².